The Kier molecular flexibility index (Phi) is 5.34. The van der Waals surface area contributed by atoms with Gasteiger partial charge >= 0.3 is 0 Å². The van der Waals surface area contributed by atoms with E-state index in [1.165, 1.54) is 11.3 Å². The third kappa shape index (κ3) is 4.25. The third-order valence-electron chi connectivity index (χ3n) is 3.77. The van der Waals surface area contributed by atoms with Gasteiger partial charge in [0.05, 0.1) is 18.3 Å². The first-order valence-electron chi connectivity index (χ1n) is 7.76. The van der Waals surface area contributed by atoms with E-state index in [2.05, 4.69) is 15.6 Å². The van der Waals surface area contributed by atoms with Gasteiger partial charge in [-0.3, -0.25) is 9.59 Å². The molecule has 2 unspecified atom stereocenters. The molecule has 0 saturated carbocycles. The van der Waals surface area contributed by atoms with Gasteiger partial charge in [-0.15, -0.1) is 11.3 Å². The van der Waals surface area contributed by atoms with Crippen LogP contribution >= 0.6 is 11.3 Å². The van der Waals surface area contributed by atoms with E-state index in [4.69, 9.17) is 4.74 Å². The Bertz CT molecular complexity index is 717. The zero-order chi connectivity index (χ0) is 16.9. The maximum absolute atomic E-state index is 12.2. The van der Waals surface area contributed by atoms with Crippen molar-refractivity contribution in [2.75, 3.05) is 11.9 Å². The maximum atomic E-state index is 12.2. The molecule has 1 aliphatic rings. The molecular weight excluding hydrogens is 326 g/mol. The molecule has 0 aliphatic carbocycles. The zero-order valence-electron chi connectivity index (χ0n) is 13.3. The summed E-state index contributed by atoms with van der Waals surface area (Å²) in [5.74, 6) is -0.292. The van der Waals surface area contributed by atoms with Crippen molar-refractivity contribution < 1.29 is 14.3 Å². The number of ether oxygens (including phenoxy) is 1. The largest absolute Gasteiger partial charge is 0.364 e. The van der Waals surface area contributed by atoms with E-state index < -0.39 is 12.1 Å². The molecule has 1 aliphatic heterocycles. The highest BCUT2D eigenvalue weighted by molar-refractivity contribution is 7.13. The Morgan fingerprint density at radius 2 is 2.21 bits per heavy atom. The Hall–Kier alpha value is -2.09. The molecule has 0 radical (unpaired) electrons. The standard InChI is InChI=1S/C17H19N3O3S/c1-11-10-24-17(19-11)20-16(22)13-7-14(21)15(8-18-13)23-9-12-5-3-2-4-6-12/h2-6,10,13,15,18H,7-9H2,1H3,(H,19,20,22). The number of benzene rings is 1. The molecule has 2 aromatic rings. The molecule has 2 atom stereocenters. The summed E-state index contributed by atoms with van der Waals surface area (Å²) in [7, 11) is 0. The monoisotopic (exact) mass is 345 g/mol. The van der Waals surface area contributed by atoms with Crippen LogP contribution in [0.3, 0.4) is 0 Å². The van der Waals surface area contributed by atoms with Crippen LogP contribution in [-0.2, 0) is 20.9 Å². The van der Waals surface area contributed by atoms with Crippen LogP contribution in [0.1, 0.15) is 17.7 Å². The van der Waals surface area contributed by atoms with Crippen LogP contribution in [-0.4, -0.2) is 35.4 Å². The molecule has 1 aromatic heterocycles. The lowest BCUT2D eigenvalue weighted by atomic mass is 10.0. The average molecular weight is 345 g/mol. The van der Waals surface area contributed by atoms with Crippen LogP contribution in [0.2, 0.25) is 0 Å². The molecule has 24 heavy (non-hydrogen) atoms. The molecule has 0 spiro atoms. The number of thiazole rings is 1. The van der Waals surface area contributed by atoms with Crippen molar-refractivity contribution in [3.8, 4) is 0 Å². The van der Waals surface area contributed by atoms with Crippen LogP contribution in [0.25, 0.3) is 0 Å². The highest BCUT2D eigenvalue weighted by Gasteiger charge is 2.32. The summed E-state index contributed by atoms with van der Waals surface area (Å²) in [6, 6.07) is 9.16. The number of anilines is 1. The number of hydrogen-bond acceptors (Lipinski definition) is 6. The van der Waals surface area contributed by atoms with Gasteiger partial charge in [-0.2, -0.15) is 0 Å². The van der Waals surface area contributed by atoms with Gasteiger partial charge in [-0.05, 0) is 12.5 Å². The van der Waals surface area contributed by atoms with E-state index >= 15 is 0 Å². The SMILES string of the molecule is Cc1csc(NC(=O)C2CC(=O)C(OCc3ccccc3)CN2)n1. The fraction of sp³-hybridized carbons (Fsp3) is 0.353. The number of nitrogens with zero attached hydrogens (tertiary/aromatic N) is 1. The number of aromatic nitrogens is 1. The smallest absolute Gasteiger partial charge is 0.243 e. The predicted octanol–water partition coefficient (Wildman–Crippen LogP) is 1.91. The van der Waals surface area contributed by atoms with Crippen LogP contribution in [0.4, 0.5) is 5.13 Å². The second-order valence-corrected chi connectivity index (χ2v) is 6.56. The van der Waals surface area contributed by atoms with E-state index in [1.807, 2.05) is 42.6 Å². The highest BCUT2D eigenvalue weighted by Crippen LogP contribution is 2.16. The normalized spacial score (nSPS) is 20.8. The molecule has 0 bridgehead atoms. The fourth-order valence-corrected chi connectivity index (χ4v) is 3.17. The molecule has 1 fully saturated rings. The predicted molar refractivity (Wildman–Crippen MR) is 91.9 cm³/mol. The molecule has 6 nitrogen and oxygen atoms in total. The summed E-state index contributed by atoms with van der Waals surface area (Å²) < 4.78 is 5.68. The minimum Gasteiger partial charge on any atom is -0.364 e. The summed E-state index contributed by atoms with van der Waals surface area (Å²) in [5, 5.41) is 8.23. The van der Waals surface area contributed by atoms with Crippen LogP contribution in [0.15, 0.2) is 35.7 Å². The summed E-state index contributed by atoms with van der Waals surface area (Å²) in [5.41, 5.74) is 1.88. The van der Waals surface area contributed by atoms with E-state index in [-0.39, 0.29) is 18.1 Å². The first-order chi connectivity index (χ1) is 11.6. The van der Waals surface area contributed by atoms with Crippen molar-refractivity contribution in [1.29, 1.82) is 0 Å². The number of carbonyl (C=O) groups excluding carboxylic acids is 2. The second-order valence-electron chi connectivity index (χ2n) is 5.70. The van der Waals surface area contributed by atoms with Crippen LogP contribution in [0, 0.1) is 6.92 Å². The average Bonchev–Trinajstić information content (AvgIpc) is 2.99. The van der Waals surface area contributed by atoms with Crippen molar-refractivity contribution in [2.24, 2.45) is 0 Å². The van der Waals surface area contributed by atoms with Crippen LogP contribution < -0.4 is 10.6 Å². The number of aryl methyl sites for hydroxylation is 1. The maximum Gasteiger partial charge on any atom is 0.243 e. The Morgan fingerprint density at radius 1 is 1.42 bits per heavy atom. The molecule has 1 aromatic carbocycles. The Balaban J connectivity index is 1.49. The number of amides is 1. The number of hydrogen-bond donors (Lipinski definition) is 2. The van der Waals surface area contributed by atoms with E-state index in [0.29, 0.717) is 18.3 Å². The number of nitrogens with one attached hydrogen (secondary N) is 2. The van der Waals surface area contributed by atoms with Crippen molar-refractivity contribution in [1.82, 2.24) is 10.3 Å². The molecule has 3 rings (SSSR count). The van der Waals surface area contributed by atoms with E-state index in [0.717, 1.165) is 11.3 Å². The fourth-order valence-electron chi connectivity index (χ4n) is 2.48. The molecule has 1 amide bonds. The van der Waals surface area contributed by atoms with Gasteiger partial charge in [-0.25, -0.2) is 4.98 Å². The summed E-state index contributed by atoms with van der Waals surface area (Å²) in [6.45, 7) is 2.58. The van der Waals surface area contributed by atoms with Gasteiger partial charge in [0, 0.05) is 18.3 Å². The van der Waals surface area contributed by atoms with Crippen molar-refractivity contribution >= 4 is 28.2 Å². The Labute approximate surface area is 144 Å². The minimum atomic E-state index is -0.543. The third-order valence-corrected chi connectivity index (χ3v) is 4.65. The van der Waals surface area contributed by atoms with Crippen molar-refractivity contribution in [2.45, 2.75) is 32.1 Å². The van der Waals surface area contributed by atoms with E-state index in [1.54, 1.807) is 0 Å². The molecule has 2 N–H and O–H groups in total. The van der Waals surface area contributed by atoms with Gasteiger partial charge < -0.3 is 15.4 Å². The lowest BCUT2D eigenvalue weighted by molar-refractivity contribution is -0.137. The van der Waals surface area contributed by atoms with Gasteiger partial charge in [0.15, 0.2) is 10.9 Å². The van der Waals surface area contributed by atoms with E-state index in [9.17, 15) is 9.59 Å². The lowest BCUT2D eigenvalue weighted by Crippen LogP contribution is -2.53. The number of piperidine rings is 1. The highest BCUT2D eigenvalue weighted by atomic mass is 32.1. The van der Waals surface area contributed by atoms with Gasteiger partial charge in [0.2, 0.25) is 5.91 Å². The first kappa shape index (κ1) is 16.8. The van der Waals surface area contributed by atoms with Gasteiger partial charge in [-0.1, -0.05) is 30.3 Å². The molecular formula is C17H19N3O3S. The number of Topliss-reactive ketones (excluding diaryl/α,β-unsaturated/α-hetero) is 1. The number of ketones is 1. The van der Waals surface area contributed by atoms with Gasteiger partial charge in [0.1, 0.15) is 6.10 Å². The number of rotatable bonds is 5. The number of carbonyl (C=O) groups is 2. The van der Waals surface area contributed by atoms with Crippen molar-refractivity contribution in [3.05, 3.63) is 47.0 Å². The van der Waals surface area contributed by atoms with Crippen LogP contribution in [0.5, 0.6) is 0 Å². The summed E-state index contributed by atoms with van der Waals surface area (Å²) >= 11 is 1.37. The Morgan fingerprint density at radius 3 is 2.88 bits per heavy atom. The topological polar surface area (TPSA) is 80.3 Å². The zero-order valence-corrected chi connectivity index (χ0v) is 14.1. The molecule has 2 heterocycles. The summed E-state index contributed by atoms with van der Waals surface area (Å²) in [4.78, 5) is 28.6. The first-order valence-corrected chi connectivity index (χ1v) is 8.64. The molecule has 7 heteroatoms. The minimum absolute atomic E-state index is 0.0554. The van der Waals surface area contributed by atoms with Gasteiger partial charge in [0.25, 0.3) is 0 Å². The molecule has 126 valence electrons. The quantitative estimate of drug-likeness (QED) is 0.865. The lowest BCUT2D eigenvalue weighted by Gasteiger charge is -2.27. The second kappa shape index (κ2) is 7.65. The van der Waals surface area contributed by atoms with Crippen molar-refractivity contribution in [3.63, 3.8) is 0 Å². The molecule has 1 saturated heterocycles. The summed E-state index contributed by atoms with van der Waals surface area (Å²) in [6.07, 6.45) is -0.397.